The molecular formula is C49H66N4O7. The Kier molecular flexibility index (Phi) is 17.4. The van der Waals surface area contributed by atoms with E-state index in [1.807, 2.05) is 42.5 Å². The van der Waals surface area contributed by atoms with Crippen LogP contribution < -0.4 is 20.9 Å². The number of ether oxygens (including phenoxy) is 2. The third-order valence-electron chi connectivity index (χ3n) is 12.5. The minimum atomic E-state index is -0.749. The van der Waals surface area contributed by atoms with Crippen molar-refractivity contribution < 1.29 is 29.3 Å². The lowest BCUT2D eigenvalue weighted by molar-refractivity contribution is 0.00181. The first-order valence-corrected chi connectivity index (χ1v) is 22.5. The van der Waals surface area contributed by atoms with Crippen LogP contribution in [-0.2, 0) is 4.74 Å². The van der Waals surface area contributed by atoms with Gasteiger partial charge in [-0.25, -0.2) is 4.79 Å². The number of piperidine rings is 1. The molecule has 1 amide bonds. The number of hydrogen-bond donors (Lipinski definition) is 5. The average Bonchev–Trinajstić information content (AvgIpc) is 3.27. The number of H-pyrrole nitrogens is 1. The van der Waals surface area contributed by atoms with Crippen LogP contribution in [0.25, 0.3) is 10.9 Å². The van der Waals surface area contributed by atoms with Crippen LogP contribution in [0.15, 0.2) is 83.7 Å². The van der Waals surface area contributed by atoms with Gasteiger partial charge in [0.25, 0.3) is 0 Å². The number of ketones is 1. The Morgan fingerprint density at radius 2 is 1.65 bits per heavy atom. The van der Waals surface area contributed by atoms with Crippen LogP contribution >= 0.6 is 0 Å². The van der Waals surface area contributed by atoms with Crippen molar-refractivity contribution in [3.05, 3.63) is 106 Å². The highest BCUT2D eigenvalue weighted by molar-refractivity contribution is 5.97. The van der Waals surface area contributed by atoms with Crippen molar-refractivity contribution in [2.45, 2.75) is 115 Å². The Morgan fingerprint density at radius 1 is 0.883 bits per heavy atom. The van der Waals surface area contributed by atoms with E-state index in [4.69, 9.17) is 9.47 Å². The van der Waals surface area contributed by atoms with Crippen molar-refractivity contribution in [3.63, 3.8) is 0 Å². The van der Waals surface area contributed by atoms with E-state index in [1.54, 1.807) is 12.1 Å². The number of phenols is 1. The molecule has 324 valence electrons. The highest BCUT2D eigenvalue weighted by Gasteiger charge is 2.34. The molecule has 2 aliphatic rings. The number of fused-ring (bicyclic) bond motifs is 1. The molecule has 4 aromatic rings. The van der Waals surface area contributed by atoms with E-state index in [2.05, 4.69) is 39.6 Å². The fourth-order valence-corrected chi connectivity index (χ4v) is 9.05. The van der Waals surface area contributed by atoms with Gasteiger partial charge in [0.15, 0.2) is 5.78 Å². The van der Waals surface area contributed by atoms with Crippen molar-refractivity contribution in [2.24, 2.45) is 11.8 Å². The Balaban J connectivity index is 0.890. The van der Waals surface area contributed by atoms with Crippen molar-refractivity contribution in [3.8, 4) is 11.5 Å². The highest BCUT2D eigenvalue weighted by atomic mass is 16.6. The Bertz CT molecular complexity index is 2000. The number of aromatic nitrogens is 1. The van der Waals surface area contributed by atoms with Crippen LogP contribution in [0.1, 0.15) is 130 Å². The topological polar surface area (TPSA) is 153 Å². The molecule has 2 fully saturated rings. The number of benzene rings is 3. The van der Waals surface area contributed by atoms with Gasteiger partial charge in [-0.2, -0.15) is 0 Å². The van der Waals surface area contributed by atoms with E-state index in [0.29, 0.717) is 54.2 Å². The maximum Gasteiger partial charge on any atom is 0.407 e. The maximum atomic E-state index is 13.7. The van der Waals surface area contributed by atoms with Crippen LogP contribution in [0.4, 0.5) is 4.79 Å². The van der Waals surface area contributed by atoms with Gasteiger partial charge in [0.05, 0.1) is 30.8 Å². The molecule has 1 aliphatic carbocycles. The van der Waals surface area contributed by atoms with Crippen molar-refractivity contribution >= 4 is 22.8 Å². The van der Waals surface area contributed by atoms with Gasteiger partial charge in [-0.1, -0.05) is 107 Å². The van der Waals surface area contributed by atoms with Gasteiger partial charge in [0, 0.05) is 30.1 Å². The second-order valence-corrected chi connectivity index (χ2v) is 16.8. The minimum Gasteiger partial charge on any atom is -0.506 e. The Morgan fingerprint density at radius 3 is 2.43 bits per heavy atom. The maximum absolute atomic E-state index is 13.7. The van der Waals surface area contributed by atoms with Crippen LogP contribution in [-0.4, -0.2) is 77.4 Å². The molecule has 3 aromatic carbocycles. The number of carbonyl (C=O) groups excluding carboxylic acids is 2. The smallest absolute Gasteiger partial charge is 0.407 e. The molecule has 1 saturated heterocycles. The number of hydrogen-bond acceptors (Lipinski definition) is 9. The van der Waals surface area contributed by atoms with Crippen molar-refractivity contribution in [1.29, 1.82) is 0 Å². The zero-order valence-corrected chi connectivity index (χ0v) is 35.4. The number of pyridine rings is 1. The molecule has 1 aromatic heterocycles. The van der Waals surface area contributed by atoms with Crippen LogP contribution in [0.3, 0.4) is 0 Å². The number of aromatic hydroxyl groups is 1. The molecular weight excluding hydrogens is 757 g/mol. The first-order valence-electron chi connectivity index (χ1n) is 22.5. The molecule has 1 aliphatic heterocycles. The molecule has 5 N–H and O–H groups in total. The zero-order valence-electron chi connectivity index (χ0n) is 35.4. The second kappa shape index (κ2) is 23.3. The second-order valence-electron chi connectivity index (χ2n) is 16.8. The van der Waals surface area contributed by atoms with Crippen molar-refractivity contribution in [2.75, 3.05) is 39.3 Å². The van der Waals surface area contributed by atoms with E-state index in [9.17, 15) is 24.6 Å². The van der Waals surface area contributed by atoms with Gasteiger partial charge < -0.3 is 35.3 Å². The largest absolute Gasteiger partial charge is 0.506 e. The number of unbranched alkanes of at least 4 members (excludes halogenated alkanes) is 6. The number of aliphatic hydroxyl groups excluding tert-OH is 1. The van der Waals surface area contributed by atoms with E-state index in [1.165, 1.54) is 25.0 Å². The summed E-state index contributed by atoms with van der Waals surface area (Å²) >= 11 is 0. The summed E-state index contributed by atoms with van der Waals surface area (Å²) in [5.74, 6) is 1.49. The summed E-state index contributed by atoms with van der Waals surface area (Å²) in [6, 6.07) is 23.7. The fraction of sp³-hybridized carbons (Fsp3) is 0.531. The summed E-state index contributed by atoms with van der Waals surface area (Å²) < 4.78 is 12.4. The van der Waals surface area contributed by atoms with Gasteiger partial charge in [-0.3, -0.25) is 14.5 Å². The molecule has 11 heteroatoms. The summed E-state index contributed by atoms with van der Waals surface area (Å²) in [6.45, 7) is 5.70. The molecule has 60 heavy (non-hydrogen) atoms. The standard InChI is InChI=1S/C49H66N4O7/c1-2-35-27-29-53(33-44(56)36-17-10-8-11-18-36)34-45(35)60-49(58)52-47(37-19-12-9-13-20-37)38-21-16-22-39(31-38)59-30-15-7-5-3-4-6-14-28-50-32-43(55)40-23-25-42(54)48-41(40)24-26-46(57)51-48/h8,10-11,16-18,21-26,31,35,37,43,45,47,50,54-55H,2-7,9,12-15,19-20,27-30,32-34H2,1H3,(H,51,57)(H,52,58). The third-order valence-corrected chi connectivity index (χ3v) is 12.5. The molecule has 11 nitrogen and oxygen atoms in total. The van der Waals surface area contributed by atoms with Crippen LogP contribution in [0.2, 0.25) is 0 Å². The van der Waals surface area contributed by atoms with Gasteiger partial charge in [-0.15, -0.1) is 0 Å². The molecule has 0 bridgehead atoms. The van der Waals surface area contributed by atoms with E-state index >= 15 is 0 Å². The number of likely N-dealkylation sites (tertiary alicyclic amines) is 1. The molecule has 2 heterocycles. The number of Topliss-reactive ketones (excluding diaryl/α,β-unsaturated/α-hetero) is 1. The quantitative estimate of drug-likeness (QED) is 0.0386. The number of phenolic OH excluding ortho intramolecular Hbond substituents is 1. The Hall–Kier alpha value is -4.71. The highest BCUT2D eigenvalue weighted by Crippen LogP contribution is 2.36. The number of alkyl carbamates (subject to hydrolysis) is 1. The SMILES string of the molecule is CCC1CCN(CC(=O)c2ccccc2)CC1OC(=O)NC(c1cccc(OCCCCCCCCCNCC(O)c2ccc(O)c3[nH]c(=O)ccc23)c1)C1CCCCC1. The van der Waals surface area contributed by atoms with E-state index in [0.717, 1.165) is 101 Å². The monoisotopic (exact) mass is 822 g/mol. The molecule has 6 rings (SSSR count). The average molecular weight is 823 g/mol. The summed E-state index contributed by atoms with van der Waals surface area (Å²) in [5, 5.41) is 28.1. The number of nitrogens with zero attached hydrogens (tertiary/aromatic N) is 1. The van der Waals surface area contributed by atoms with Gasteiger partial charge in [-0.05, 0) is 98.8 Å². The molecule has 4 unspecified atom stereocenters. The lowest BCUT2D eigenvalue weighted by atomic mass is 9.81. The summed E-state index contributed by atoms with van der Waals surface area (Å²) in [7, 11) is 0. The summed E-state index contributed by atoms with van der Waals surface area (Å²) in [6.07, 6.45) is 13.8. The minimum absolute atomic E-state index is 0.0118. The Labute approximate surface area is 355 Å². The number of nitrogens with one attached hydrogen (secondary N) is 3. The molecule has 0 spiro atoms. The van der Waals surface area contributed by atoms with Crippen LogP contribution in [0, 0.1) is 11.8 Å². The summed E-state index contributed by atoms with van der Waals surface area (Å²) in [4.78, 5) is 43.1. The molecule has 0 radical (unpaired) electrons. The molecule has 1 saturated carbocycles. The normalized spacial score (nSPS) is 18.5. The predicted octanol–water partition coefficient (Wildman–Crippen LogP) is 9.00. The van der Waals surface area contributed by atoms with Crippen LogP contribution in [0.5, 0.6) is 11.5 Å². The van der Waals surface area contributed by atoms with Gasteiger partial charge >= 0.3 is 6.09 Å². The number of carbonyl (C=O) groups is 2. The number of aromatic amines is 1. The van der Waals surface area contributed by atoms with E-state index in [-0.39, 0.29) is 41.2 Å². The molecule has 4 atom stereocenters. The lowest BCUT2D eigenvalue weighted by Crippen LogP contribution is -2.49. The first kappa shape index (κ1) is 44.8. The first-order chi connectivity index (χ1) is 29.3. The van der Waals surface area contributed by atoms with Gasteiger partial charge in [0.1, 0.15) is 17.6 Å². The summed E-state index contributed by atoms with van der Waals surface area (Å²) in [5.41, 5.74) is 2.48. The zero-order chi connectivity index (χ0) is 42.1. The van der Waals surface area contributed by atoms with E-state index < -0.39 is 6.10 Å². The fourth-order valence-electron chi connectivity index (χ4n) is 9.05. The number of amides is 1. The predicted molar refractivity (Wildman–Crippen MR) is 237 cm³/mol. The third kappa shape index (κ3) is 13.1. The van der Waals surface area contributed by atoms with Crippen molar-refractivity contribution in [1.82, 2.24) is 20.5 Å². The number of rotatable bonds is 22. The van der Waals surface area contributed by atoms with Gasteiger partial charge in [0.2, 0.25) is 5.56 Å². The lowest BCUT2D eigenvalue weighted by Gasteiger charge is -2.38. The number of aliphatic hydroxyl groups is 1.